The molecule has 0 N–H and O–H groups in total. The molecule has 422 valence electrons. The zero-order valence-corrected chi connectivity index (χ0v) is 48.6. The van der Waals surface area contributed by atoms with E-state index in [0.29, 0.717) is 36.5 Å². The zero-order valence-electron chi connectivity index (χ0n) is 48.6. The minimum Gasteiger partial charge on any atom is -0.427 e. The van der Waals surface area contributed by atoms with Crippen molar-refractivity contribution < 1.29 is 28.6 Å². The molecule has 0 bridgehead atoms. The van der Waals surface area contributed by atoms with Crippen LogP contribution in [0.5, 0.6) is 17.2 Å². The summed E-state index contributed by atoms with van der Waals surface area (Å²) in [7, 11) is 0. The number of carbonyl (C=O) groups is 3. The fourth-order valence-corrected chi connectivity index (χ4v) is 10.1. The third kappa shape index (κ3) is 41.8. The molecule has 74 heavy (non-hydrogen) atoms. The summed E-state index contributed by atoms with van der Waals surface area (Å²) in [6.45, 7) is 6.83. The topological polar surface area (TPSA) is 78.9 Å². The highest BCUT2D eigenvalue weighted by atomic mass is 16.5. The van der Waals surface area contributed by atoms with Crippen LogP contribution in [0.25, 0.3) is 12.2 Å². The van der Waals surface area contributed by atoms with Crippen LogP contribution in [0.3, 0.4) is 0 Å². The Balaban J connectivity index is 1.78. The molecule has 6 nitrogen and oxygen atoms in total. The predicted octanol–water partition coefficient (Wildman–Crippen LogP) is 22.4. The number of ether oxygens (including phenoxy) is 3. The third-order valence-electron chi connectivity index (χ3n) is 14.9. The fourth-order valence-electron chi connectivity index (χ4n) is 10.1. The van der Waals surface area contributed by atoms with Gasteiger partial charge in [-0.25, -0.2) is 0 Å². The molecular weight excluding hydrogens is 913 g/mol. The van der Waals surface area contributed by atoms with E-state index in [-0.39, 0.29) is 17.9 Å². The van der Waals surface area contributed by atoms with Gasteiger partial charge in [0, 0.05) is 25.3 Å². The van der Waals surface area contributed by atoms with Gasteiger partial charge >= 0.3 is 17.9 Å². The summed E-state index contributed by atoms with van der Waals surface area (Å²) in [5, 5.41) is 0. The van der Waals surface area contributed by atoms with Crippen LogP contribution in [0.2, 0.25) is 0 Å². The second-order valence-corrected chi connectivity index (χ2v) is 22.2. The van der Waals surface area contributed by atoms with Crippen molar-refractivity contribution in [2.24, 2.45) is 0 Å². The molecule has 6 heteroatoms. The number of rotatable bonds is 53. The molecule has 2 aromatic rings. The molecule has 0 radical (unpaired) electrons. The lowest BCUT2D eigenvalue weighted by atomic mass is 10.0. The maximum atomic E-state index is 13.0. The Morgan fingerprint density at radius 2 is 0.486 bits per heavy atom. The van der Waals surface area contributed by atoms with Crippen LogP contribution in [0.15, 0.2) is 42.5 Å². The van der Waals surface area contributed by atoms with Crippen LogP contribution in [0.4, 0.5) is 0 Å². The minimum atomic E-state index is -0.263. The Morgan fingerprint density at radius 1 is 0.270 bits per heavy atom. The van der Waals surface area contributed by atoms with Crippen molar-refractivity contribution in [3.63, 3.8) is 0 Å². The Hall–Kier alpha value is -3.41. The van der Waals surface area contributed by atoms with Crippen molar-refractivity contribution in [1.29, 1.82) is 0 Å². The molecular formula is C68H114O6. The zero-order chi connectivity index (χ0) is 53.0. The number of hydrogen-bond acceptors (Lipinski definition) is 6. The molecule has 0 aliphatic carbocycles. The van der Waals surface area contributed by atoms with Gasteiger partial charge in [0.25, 0.3) is 0 Å². The maximum absolute atomic E-state index is 13.0. The Bertz CT molecular complexity index is 1560. The summed E-state index contributed by atoms with van der Waals surface area (Å²) in [6, 6.07) is 12.8. The Kier molecular flexibility index (Phi) is 45.4. The van der Waals surface area contributed by atoms with Gasteiger partial charge in [-0.05, 0) is 54.7 Å². The van der Waals surface area contributed by atoms with Gasteiger partial charge in [-0.15, -0.1) is 0 Å². The summed E-state index contributed by atoms with van der Waals surface area (Å²) >= 11 is 0. The third-order valence-corrected chi connectivity index (χ3v) is 14.9. The van der Waals surface area contributed by atoms with Crippen LogP contribution in [0, 0.1) is 0 Å². The molecule has 0 spiro atoms. The number of esters is 3. The highest BCUT2D eigenvalue weighted by Crippen LogP contribution is 2.27. The van der Waals surface area contributed by atoms with Crippen molar-refractivity contribution in [3.8, 4) is 17.2 Å². The van der Waals surface area contributed by atoms with E-state index in [1.54, 1.807) is 6.07 Å². The van der Waals surface area contributed by atoms with Gasteiger partial charge in [-0.2, -0.15) is 0 Å². The molecule has 2 aromatic carbocycles. The van der Waals surface area contributed by atoms with E-state index in [4.69, 9.17) is 14.2 Å². The Morgan fingerprint density at radius 3 is 0.743 bits per heavy atom. The van der Waals surface area contributed by atoms with E-state index in [2.05, 4.69) is 20.8 Å². The summed E-state index contributed by atoms with van der Waals surface area (Å²) in [5.41, 5.74) is 1.69. The summed E-state index contributed by atoms with van der Waals surface area (Å²) in [4.78, 5) is 38.7. The van der Waals surface area contributed by atoms with Crippen LogP contribution in [-0.2, 0) is 14.4 Å². The molecule has 0 saturated carbocycles. The summed E-state index contributed by atoms with van der Waals surface area (Å²) in [5.74, 6) is 0.588. The number of unbranched alkanes of at least 4 members (excludes halogenated alkanes) is 42. The van der Waals surface area contributed by atoms with E-state index in [9.17, 15) is 14.4 Å². The summed E-state index contributed by atoms with van der Waals surface area (Å²) < 4.78 is 17.4. The lowest BCUT2D eigenvalue weighted by Gasteiger charge is -2.10. The first-order valence-electron chi connectivity index (χ1n) is 32.0. The van der Waals surface area contributed by atoms with Crippen molar-refractivity contribution in [2.75, 3.05) is 0 Å². The molecule has 0 aliphatic heterocycles. The maximum Gasteiger partial charge on any atom is 0.311 e. The molecule has 0 aliphatic rings. The highest BCUT2D eigenvalue weighted by molar-refractivity contribution is 5.77. The van der Waals surface area contributed by atoms with E-state index in [1.165, 1.54) is 238 Å². The van der Waals surface area contributed by atoms with Gasteiger partial charge in [0.15, 0.2) is 0 Å². The van der Waals surface area contributed by atoms with Gasteiger partial charge in [-0.3, -0.25) is 14.4 Å². The van der Waals surface area contributed by atoms with Gasteiger partial charge in [0.2, 0.25) is 0 Å². The number of benzene rings is 2. The van der Waals surface area contributed by atoms with E-state index < -0.39 is 0 Å². The molecule has 0 atom stereocenters. The molecule has 0 fully saturated rings. The first-order chi connectivity index (χ1) is 36.4. The number of hydrogen-bond donors (Lipinski definition) is 0. The van der Waals surface area contributed by atoms with Gasteiger partial charge in [0.1, 0.15) is 17.2 Å². The summed E-state index contributed by atoms with van der Waals surface area (Å²) in [6.07, 6.45) is 62.8. The van der Waals surface area contributed by atoms with E-state index in [1.807, 2.05) is 48.6 Å². The fraction of sp³-hybridized carbons (Fsp3) is 0.750. The largest absolute Gasteiger partial charge is 0.427 e. The lowest BCUT2D eigenvalue weighted by molar-refractivity contribution is -0.135. The minimum absolute atomic E-state index is 0.185. The van der Waals surface area contributed by atoms with Crippen molar-refractivity contribution >= 4 is 30.1 Å². The lowest BCUT2D eigenvalue weighted by Crippen LogP contribution is -2.10. The van der Waals surface area contributed by atoms with Crippen LogP contribution in [-0.4, -0.2) is 17.9 Å². The highest BCUT2D eigenvalue weighted by Gasteiger charge is 2.12. The standard InChI is InChI=1S/C68H114O6/c1-4-7-10-13-16-19-22-25-28-31-34-37-40-43-46-49-66(69)72-63-56-54-61(55-57-63)52-53-62-58-64(73-67(70)50-47-44-41-38-35-32-29-26-23-20-17-14-11-8-5-2)60-65(59-62)74-68(71)51-48-45-42-39-36-33-30-27-24-21-18-15-12-9-6-3/h52-60H,4-51H2,1-3H3. The molecule has 0 amide bonds. The average molecular weight is 1030 g/mol. The van der Waals surface area contributed by atoms with Crippen LogP contribution in [0.1, 0.15) is 340 Å². The first kappa shape index (κ1) is 66.7. The monoisotopic (exact) mass is 1030 g/mol. The molecule has 2 rings (SSSR count). The second-order valence-electron chi connectivity index (χ2n) is 22.2. The Labute approximate surface area is 456 Å². The van der Waals surface area contributed by atoms with Crippen molar-refractivity contribution in [3.05, 3.63) is 53.6 Å². The normalized spacial score (nSPS) is 11.4. The van der Waals surface area contributed by atoms with Crippen LogP contribution < -0.4 is 14.2 Å². The van der Waals surface area contributed by atoms with Gasteiger partial charge in [-0.1, -0.05) is 315 Å². The van der Waals surface area contributed by atoms with E-state index in [0.717, 1.165) is 62.5 Å². The predicted molar refractivity (Wildman–Crippen MR) is 317 cm³/mol. The van der Waals surface area contributed by atoms with Crippen LogP contribution >= 0.6 is 0 Å². The quantitative estimate of drug-likeness (QED) is 0.0284. The molecule has 0 saturated heterocycles. The number of carbonyl (C=O) groups excluding carboxylic acids is 3. The molecule has 0 unspecified atom stereocenters. The smallest absolute Gasteiger partial charge is 0.311 e. The van der Waals surface area contributed by atoms with Gasteiger partial charge < -0.3 is 14.2 Å². The van der Waals surface area contributed by atoms with Gasteiger partial charge in [0.05, 0.1) is 0 Å². The van der Waals surface area contributed by atoms with E-state index >= 15 is 0 Å². The van der Waals surface area contributed by atoms with Crippen molar-refractivity contribution in [2.45, 2.75) is 329 Å². The average Bonchev–Trinajstić information content (AvgIpc) is 3.39. The molecule has 0 aromatic heterocycles. The SMILES string of the molecule is CCCCCCCCCCCCCCCCCC(=O)Oc1ccc(C=Cc2cc(OC(=O)CCCCCCCCCCCCCCCCC)cc(OC(=O)CCCCCCCCCCCCCCCCC)c2)cc1. The second kappa shape index (κ2) is 50.4. The molecule has 0 heterocycles. The first-order valence-corrected chi connectivity index (χ1v) is 32.0. The van der Waals surface area contributed by atoms with Crippen molar-refractivity contribution in [1.82, 2.24) is 0 Å².